The fourth-order valence-corrected chi connectivity index (χ4v) is 3.42. The Kier molecular flexibility index (Phi) is 4.76. The van der Waals surface area contributed by atoms with Gasteiger partial charge in [0.1, 0.15) is 0 Å². The number of benzene rings is 1. The van der Waals surface area contributed by atoms with Crippen LogP contribution in [0.15, 0.2) is 35.7 Å². The molecular formula is C18H20N2O2S. The van der Waals surface area contributed by atoms with Gasteiger partial charge in [-0.05, 0) is 56.5 Å². The third-order valence-corrected chi connectivity index (χ3v) is 4.89. The minimum absolute atomic E-state index is 0.0797. The summed E-state index contributed by atoms with van der Waals surface area (Å²) in [7, 11) is 0. The third kappa shape index (κ3) is 3.79. The van der Waals surface area contributed by atoms with Crippen LogP contribution < -0.4 is 5.32 Å². The molecule has 0 bridgehead atoms. The highest BCUT2D eigenvalue weighted by Crippen LogP contribution is 2.18. The van der Waals surface area contributed by atoms with Crippen molar-refractivity contribution >= 4 is 28.8 Å². The van der Waals surface area contributed by atoms with Gasteiger partial charge in [-0.25, -0.2) is 0 Å². The first-order valence-electron chi connectivity index (χ1n) is 7.89. The predicted octanol–water partition coefficient (Wildman–Crippen LogP) is 3.93. The summed E-state index contributed by atoms with van der Waals surface area (Å²) < 4.78 is 0. The number of nitrogens with one attached hydrogen (secondary N) is 1. The highest BCUT2D eigenvalue weighted by molar-refractivity contribution is 7.10. The predicted molar refractivity (Wildman–Crippen MR) is 93.2 cm³/mol. The van der Waals surface area contributed by atoms with Crippen LogP contribution in [-0.4, -0.2) is 29.8 Å². The SMILES string of the molecule is Cc1cc(C(=O)Nc2ccc(C(=O)N3CCCCC3)cc2)cs1. The Balaban J connectivity index is 1.64. The van der Waals surface area contributed by atoms with Crippen molar-refractivity contribution in [3.63, 3.8) is 0 Å². The molecule has 2 aromatic rings. The standard InChI is InChI=1S/C18H20N2O2S/c1-13-11-15(12-23-13)17(21)19-16-7-5-14(6-8-16)18(22)20-9-3-2-4-10-20/h5-8,11-12H,2-4,9-10H2,1H3,(H,19,21). The van der Waals surface area contributed by atoms with E-state index < -0.39 is 0 Å². The highest BCUT2D eigenvalue weighted by atomic mass is 32.1. The zero-order valence-electron chi connectivity index (χ0n) is 13.2. The fraction of sp³-hybridized carbons (Fsp3) is 0.333. The van der Waals surface area contributed by atoms with E-state index in [9.17, 15) is 9.59 Å². The van der Waals surface area contributed by atoms with Crippen molar-refractivity contribution < 1.29 is 9.59 Å². The van der Waals surface area contributed by atoms with E-state index >= 15 is 0 Å². The first-order valence-corrected chi connectivity index (χ1v) is 8.77. The quantitative estimate of drug-likeness (QED) is 0.928. The Morgan fingerprint density at radius 1 is 1.04 bits per heavy atom. The Hall–Kier alpha value is -2.14. The van der Waals surface area contributed by atoms with E-state index in [1.54, 1.807) is 35.6 Å². The average Bonchev–Trinajstić information content (AvgIpc) is 3.02. The zero-order valence-corrected chi connectivity index (χ0v) is 14.0. The lowest BCUT2D eigenvalue weighted by molar-refractivity contribution is 0.0724. The van der Waals surface area contributed by atoms with Gasteiger partial charge in [0, 0.05) is 34.6 Å². The van der Waals surface area contributed by atoms with Gasteiger partial charge in [0.25, 0.3) is 11.8 Å². The number of amides is 2. The molecule has 1 saturated heterocycles. The summed E-state index contributed by atoms with van der Waals surface area (Å²) in [4.78, 5) is 27.5. The van der Waals surface area contributed by atoms with Crippen molar-refractivity contribution in [2.45, 2.75) is 26.2 Å². The van der Waals surface area contributed by atoms with Gasteiger partial charge in [0.15, 0.2) is 0 Å². The summed E-state index contributed by atoms with van der Waals surface area (Å²) in [5.41, 5.74) is 2.05. The molecule has 3 rings (SSSR count). The summed E-state index contributed by atoms with van der Waals surface area (Å²) in [6.07, 6.45) is 3.37. The second-order valence-corrected chi connectivity index (χ2v) is 6.95. The van der Waals surface area contributed by atoms with Crippen molar-refractivity contribution in [1.82, 2.24) is 4.90 Å². The van der Waals surface area contributed by atoms with Crippen molar-refractivity contribution in [2.75, 3.05) is 18.4 Å². The Labute approximate surface area is 140 Å². The van der Waals surface area contributed by atoms with Gasteiger partial charge in [-0.1, -0.05) is 0 Å². The molecule has 2 amide bonds. The molecule has 1 aliphatic rings. The van der Waals surface area contributed by atoms with E-state index in [4.69, 9.17) is 0 Å². The molecular weight excluding hydrogens is 308 g/mol. The number of hydrogen-bond acceptors (Lipinski definition) is 3. The average molecular weight is 328 g/mol. The molecule has 1 aromatic carbocycles. The van der Waals surface area contributed by atoms with E-state index in [0.29, 0.717) is 16.8 Å². The lowest BCUT2D eigenvalue weighted by Crippen LogP contribution is -2.35. The first-order chi connectivity index (χ1) is 11.1. The van der Waals surface area contributed by atoms with Crippen LogP contribution in [0.3, 0.4) is 0 Å². The number of hydrogen-bond donors (Lipinski definition) is 1. The second kappa shape index (κ2) is 6.96. The largest absolute Gasteiger partial charge is 0.339 e. The van der Waals surface area contributed by atoms with Gasteiger partial charge in [0.2, 0.25) is 0 Å². The van der Waals surface area contributed by atoms with E-state index in [2.05, 4.69) is 5.32 Å². The Morgan fingerprint density at radius 2 is 1.74 bits per heavy atom. The normalized spacial score (nSPS) is 14.6. The number of carbonyl (C=O) groups is 2. The lowest BCUT2D eigenvalue weighted by atomic mass is 10.1. The van der Waals surface area contributed by atoms with Crippen molar-refractivity contribution in [1.29, 1.82) is 0 Å². The molecule has 1 fully saturated rings. The van der Waals surface area contributed by atoms with Crippen LogP contribution in [0.4, 0.5) is 5.69 Å². The zero-order chi connectivity index (χ0) is 16.2. The van der Waals surface area contributed by atoms with Crippen molar-refractivity contribution in [3.8, 4) is 0 Å². The molecule has 120 valence electrons. The fourth-order valence-electron chi connectivity index (χ4n) is 2.74. The van der Waals surface area contributed by atoms with E-state index in [0.717, 1.165) is 30.8 Å². The number of anilines is 1. The van der Waals surface area contributed by atoms with Gasteiger partial charge in [0.05, 0.1) is 5.56 Å². The number of thiophene rings is 1. The first kappa shape index (κ1) is 15.7. The van der Waals surface area contributed by atoms with Crippen LogP contribution in [0.25, 0.3) is 0 Å². The summed E-state index contributed by atoms with van der Waals surface area (Å²) >= 11 is 1.55. The van der Waals surface area contributed by atoms with Crippen LogP contribution in [0, 0.1) is 6.92 Å². The third-order valence-electron chi connectivity index (χ3n) is 4.03. The Bertz CT molecular complexity index is 700. The molecule has 23 heavy (non-hydrogen) atoms. The number of likely N-dealkylation sites (tertiary alicyclic amines) is 1. The topological polar surface area (TPSA) is 49.4 Å². The lowest BCUT2D eigenvalue weighted by Gasteiger charge is -2.26. The van der Waals surface area contributed by atoms with Crippen molar-refractivity contribution in [3.05, 3.63) is 51.7 Å². The van der Waals surface area contributed by atoms with Gasteiger partial charge in [-0.3, -0.25) is 9.59 Å². The summed E-state index contributed by atoms with van der Waals surface area (Å²) in [5, 5.41) is 4.71. The Morgan fingerprint density at radius 3 is 2.35 bits per heavy atom. The van der Waals surface area contributed by atoms with Gasteiger partial charge < -0.3 is 10.2 Å². The summed E-state index contributed by atoms with van der Waals surface area (Å²) in [6, 6.07) is 9.01. The molecule has 1 aliphatic heterocycles. The molecule has 5 heteroatoms. The minimum Gasteiger partial charge on any atom is -0.339 e. The van der Waals surface area contributed by atoms with Crippen LogP contribution in [0.5, 0.6) is 0 Å². The molecule has 0 saturated carbocycles. The maximum Gasteiger partial charge on any atom is 0.256 e. The van der Waals surface area contributed by atoms with Gasteiger partial charge in [-0.15, -0.1) is 11.3 Å². The molecule has 1 N–H and O–H groups in total. The van der Waals surface area contributed by atoms with Crippen LogP contribution >= 0.6 is 11.3 Å². The minimum atomic E-state index is -0.121. The second-order valence-electron chi connectivity index (χ2n) is 5.83. The molecule has 0 radical (unpaired) electrons. The van der Waals surface area contributed by atoms with Crippen LogP contribution in [-0.2, 0) is 0 Å². The molecule has 1 aromatic heterocycles. The summed E-state index contributed by atoms with van der Waals surface area (Å²) in [6.45, 7) is 3.66. The van der Waals surface area contributed by atoms with Gasteiger partial charge >= 0.3 is 0 Å². The number of carbonyl (C=O) groups excluding carboxylic acids is 2. The number of nitrogens with zero attached hydrogens (tertiary/aromatic N) is 1. The molecule has 0 unspecified atom stereocenters. The van der Waals surface area contributed by atoms with E-state index in [-0.39, 0.29) is 11.8 Å². The molecule has 0 aliphatic carbocycles. The smallest absolute Gasteiger partial charge is 0.256 e. The molecule has 4 nitrogen and oxygen atoms in total. The monoisotopic (exact) mass is 328 g/mol. The molecule has 0 atom stereocenters. The van der Waals surface area contributed by atoms with Crippen molar-refractivity contribution in [2.24, 2.45) is 0 Å². The number of rotatable bonds is 3. The maximum absolute atomic E-state index is 12.4. The number of piperidine rings is 1. The summed E-state index contributed by atoms with van der Waals surface area (Å²) in [5.74, 6) is -0.0412. The number of aryl methyl sites for hydroxylation is 1. The van der Waals surface area contributed by atoms with Crippen LogP contribution in [0.2, 0.25) is 0 Å². The molecule has 0 spiro atoms. The van der Waals surface area contributed by atoms with Gasteiger partial charge in [-0.2, -0.15) is 0 Å². The van der Waals surface area contributed by atoms with E-state index in [1.807, 2.05) is 23.3 Å². The van der Waals surface area contributed by atoms with E-state index in [1.165, 1.54) is 6.42 Å². The maximum atomic E-state index is 12.4. The molecule has 2 heterocycles. The van der Waals surface area contributed by atoms with Crippen LogP contribution in [0.1, 0.15) is 44.9 Å². The highest BCUT2D eigenvalue weighted by Gasteiger charge is 2.18.